The second-order valence-corrected chi connectivity index (χ2v) is 3.94. The van der Waals surface area contributed by atoms with E-state index in [9.17, 15) is 4.79 Å². The lowest BCUT2D eigenvalue weighted by Crippen LogP contribution is -2.30. The smallest absolute Gasteiger partial charge is 0.222 e. The van der Waals surface area contributed by atoms with Crippen LogP contribution in [-0.2, 0) is 22.7 Å². The van der Waals surface area contributed by atoms with Gasteiger partial charge >= 0.3 is 0 Å². The highest BCUT2D eigenvalue weighted by atomic mass is 16.5. The molecule has 0 spiro atoms. The number of nitrogens with zero attached hydrogens (tertiary/aromatic N) is 4. The largest absolute Gasteiger partial charge is 0.373 e. The fourth-order valence-corrected chi connectivity index (χ4v) is 1.60. The number of carbonyl (C=O) groups excluding carboxylic acids is 1. The number of carbonyl (C=O) groups is 1. The molecule has 1 aromatic rings. The van der Waals surface area contributed by atoms with E-state index in [1.807, 2.05) is 6.20 Å². The van der Waals surface area contributed by atoms with Gasteiger partial charge in [-0.05, 0) is 6.42 Å². The number of aryl methyl sites for hydroxylation is 1. The van der Waals surface area contributed by atoms with Crippen molar-refractivity contribution in [2.75, 3.05) is 20.2 Å². The first-order valence-corrected chi connectivity index (χ1v) is 5.46. The van der Waals surface area contributed by atoms with Crippen molar-refractivity contribution >= 4 is 5.91 Å². The summed E-state index contributed by atoms with van der Waals surface area (Å²) in [5.74, 6) is 0.157. The average Bonchev–Trinajstić information content (AvgIpc) is 2.71. The normalized spacial score (nSPS) is 19.1. The van der Waals surface area contributed by atoms with Gasteiger partial charge in [-0.1, -0.05) is 5.21 Å². The average molecular weight is 224 g/mol. The van der Waals surface area contributed by atoms with Crippen LogP contribution in [0, 0.1) is 0 Å². The summed E-state index contributed by atoms with van der Waals surface area (Å²) < 4.78 is 7.17. The van der Waals surface area contributed by atoms with Gasteiger partial charge in [-0.15, -0.1) is 5.10 Å². The van der Waals surface area contributed by atoms with Crippen molar-refractivity contribution in [1.29, 1.82) is 0 Å². The van der Waals surface area contributed by atoms with Crippen LogP contribution in [0.2, 0.25) is 0 Å². The van der Waals surface area contributed by atoms with Crippen LogP contribution in [0.4, 0.5) is 0 Å². The zero-order valence-electron chi connectivity index (χ0n) is 9.43. The molecule has 2 bridgehead atoms. The quantitative estimate of drug-likeness (QED) is 0.624. The van der Waals surface area contributed by atoms with Crippen LogP contribution < -0.4 is 0 Å². The predicted molar refractivity (Wildman–Crippen MR) is 56.5 cm³/mol. The van der Waals surface area contributed by atoms with E-state index in [4.69, 9.17) is 4.74 Å². The number of ether oxygens (including phenoxy) is 1. The summed E-state index contributed by atoms with van der Waals surface area (Å²) in [7, 11) is 1.81. The Kier molecular flexibility index (Phi) is 3.51. The van der Waals surface area contributed by atoms with Crippen LogP contribution in [-0.4, -0.2) is 46.0 Å². The molecular weight excluding hydrogens is 208 g/mol. The summed E-state index contributed by atoms with van der Waals surface area (Å²) in [5.41, 5.74) is 0.842. The van der Waals surface area contributed by atoms with Gasteiger partial charge in [0.15, 0.2) is 0 Å². The summed E-state index contributed by atoms with van der Waals surface area (Å²) in [6.07, 6.45) is 3.22. The molecule has 0 fully saturated rings. The first-order valence-electron chi connectivity index (χ1n) is 5.46. The topological polar surface area (TPSA) is 60.2 Å². The molecule has 0 atom stereocenters. The number of aromatic nitrogens is 3. The third-order valence-corrected chi connectivity index (χ3v) is 2.61. The molecule has 0 aromatic carbocycles. The minimum atomic E-state index is 0.157. The van der Waals surface area contributed by atoms with Crippen molar-refractivity contribution in [3.63, 3.8) is 0 Å². The van der Waals surface area contributed by atoms with Gasteiger partial charge in [0, 0.05) is 26.6 Å². The Hall–Kier alpha value is -1.43. The Morgan fingerprint density at radius 3 is 3.19 bits per heavy atom. The first-order chi connectivity index (χ1) is 7.75. The zero-order chi connectivity index (χ0) is 11.4. The molecule has 0 unspecified atom stereocenters. The Morgan fingerprint density at radius 2 is 2.31 bits per heavy atom. The molecule has 1 aliphatic heterocycles. The molecule has 16 heavy (non-hydrogen) atoms. The first kappa shape index (κ1) is 11.1. The van der Waals surface area contributed by atoms with E-state index in [1.54, 1.807) is 16.6 Å². The van der Waals surface area contributed by atoms with Crippen LogP contribution in [0.25, 0.3) is 0 Å². The van der Waals surface area contributed by atoms with Crippen LogP contribution in [0.5, 0.6) is 0 Å². The second kappa shape index (κ2) is 5.07. The maximum atomic E-state index is 11.6. The molecule has 6 nitrogen and oxygen atoms in total. The molecule has 0 aliphatic carbocycles. The molecule has 1 aliphatic rings. The summed E-state index contributed by atoms with van der Waals surface area (Å²) >= 11 is 0. The monoisotopic (exact) mass is 224 g/mol. The van der Waals surface area contributed by atoms with E-state index in [2.05, 4.69) is 10.3 Å². The lowest BCUT2D eigenvalue weighted by Gasteiger charge is -2.17. The Morgan fingerprint density at radius 1 is 1.44 bits per heavy atom. The van der Waals surface area contributed by atoms with E-state index >= 15 is 0 Å². The van der Waals surface area contributed by atoms with Gasteiger partial charge < -0.3 is 9.64 Å². The Balaban J connectivity index is 2.00. The molecule has 0 saturated carbocycles. The lowest BCUT2D eigenvalue weighted by molar-refractivity contribution is -0.130. The SMILES string of the molecule is CN1CCOCc2cn(nn2)CCCC1=O. The van der Waals surface area contributed by atoms with Gasteiger partial charge in [-0.2, -0.15) is 0 Å². The fourth-order valence-electron chi connectivity index (χ4n) is 1.60. The van der Waals surface area contributed by atoms with Crippen molar-refractivity contribution in [1.82, 2.24) is 19.9 Å². The third-order valence-electron chi connectivity index (χ3n) is 2.61. The van der Waals surface area contributed by atoms with Gasteiger partial charge in [-0.25, -0.2) is 0 Å². The molecule has 0 radical (unpaired) electrons. The van der Waals surface area contributed by atoms with Crippen molar-refractivity contribution < 1.29 is 9.53 Å². The van der Waals surface area contributed by atoms with Crippen molar-refractivity contribution in [2.24, 2.45) is 0 Å². The minimum Gasteiger partial charge on any atom is -0.373 e. The van der Waals surface area contributed by atoms with Crippen molar-refractivity contribution in [3.8, 4) is 0 Å². The second-order valence-electron chi connectivity index (χ2n) is 3.94. The molecule has 0 N–H and O–H groups in total. The Labute approximate surface area is 94.2 Å². The van der Waals surface area contributed by atoms with E-state index in [-0.39, 0.29) is 5.91 Å². The number of fused-ring (bicyclic) bond motifs is 2. The lowest BCUT2D eigenvalue weighted by atomic mass is 10.3. The highest BCUT2D eigenvalue weighted by Gasteiger charge is 2.10. The van der Waals surface area contributed by atoms with Crippen molar-refractivity contribution in [3.05, 3.63) is 11.9 Å². The minimum absolute atomic E-state index is 0.157. The van der Waals surface area contributed by atoms with Crippen LogP contribution >= 0.6 is 0 Å². The molecule has 88 valence electrons. The predicted octanol–water partition coefficient (Wildman–Crippen LogP) is 0.0469. The highest BCUT2D eigenvalue weighted by Crippen LogP contribution is 2.03. The Bertz CT molecular complexity index is 363. The van der Waals surface area contributed by atoms with E-state index in [1.165, 1.54) is 0 Å². The maximum Gasteiger partial charge on any atom is 0.222 e. The number of rotatable bonds is 0. The van der Waals surface area contributed by atoms with E-state index in [0.717, 1.165) is 18.7 Å². The number of hydrogen-bond donors (Lipinski definition) is 0. The molecule has 0 saturated heterocycles. The number of amides is 1. The molecule has 2 rings (SSSR count). The van der Waals surface area contributed by atoms with Crippen LogP contribution in [0.3, 0.4) is 0 Å². The van der Waals surface area contributed by atoms with Gasteiger partial charge in [0.25, 0.3) is 0 Å². The molecule has 2 heterocycles. The standard InChI is InChI=1S/C10H16N4O2/c1-13-5-6-16-8-9-7-14(12-11-9)4-2-3-10(13)15/h7H,2-6,8H2,1H3. The van der Waals surface area contributed by atoms with Crippen LogP contribution in [0.1, 0.15) is 18.5 Å². The van der Waals surface area contributed by atoms with Crippen LogP contribution in [0.15, 0.2) is 6.20 Å². The van der Waals surface area contributed by atoms with E-state index in [0.29, 0.717) is 26.2 Å². The zero-order valence-corrected chi connectivity index (χ0v) is 9.43. The summed E-state index contributed by atoms with van der Waals surface area (Å²) in [5, 5.41) is 7.96. The van der Waals surface area contributed by atoms with E-state index < -0.39 is 0 Å². The maximum absolute atomic E-state index is 11.6. The van der Waals surface area contributed by atoms with Gasteiger partial charge in [0.05, 0.1) is 19.4 Å². The molecule has 1 amide bonds. The summed E-state index contributed by atoms with van der Waals surface area (Å²) in [6, 6.07) is 0. The highest BCUT2D eigenvalue weighted by molar-refractivity contribution is 5.75. The van der Waals surface area contributed by atoms with Gasteiger partial charge in [-0.3, -0.25) is 9.48 Å². The summed E-state index contributed by atoms with van der Waals surface area (Å²) in [4.78, 5) is 13.3. The third kappa shape index (κ3) is 2.79. The number of hydrogen-bond acceptors (Lipinski definition) is 4. The van der Waals surface area contributed by atoms with Gasteiger partial charge in [0.2, 0.25) is 5.91 Å². The molecule has 1 aromatic heterocycles. The number of likely N-dealkylation sites (N-methyl/N-ethyl adjacent to an activating group) is 1. The molecular formula is C10H16N4O2. The fraction of sp³-hybridized carbons (Fsp3) is 0.700. The molecule has 6 heteroatoms. The van der Waals surface area contributed by atoms with Crippen molar-refractivity contribution in [2.45, 2.75) is 26.0 Å². The summed E-state index contributed by atoms with van der Waals surface area (Å²) in [6.45, 7) is 2.36. The van der Waals surface area contributed by atoms with Gasteiger partial charge in [0.1, 0.15) is 5.69 Å².